The average molecular weight is 383 g/mol. The van der Waals surface area contributed by atoms with Crippen LogP contribution in [0, 0.1) is 0 Å². The van der Waals surface area contributed by atoms with Crippen molar-refractivity contribution < 1.29 is 8.42 Å². The van der Waals surface area contributed by atoms with Gasteiger partial charge in [-0.1, -0.05) is 60.1 Å². The first-order chi connectivity index (χ1) is 12.5. The van der Waals surface area contributed by atoms with Crippen LogP contribution in [-0.4, -0.2) is 13.4 Å². The molecule has 0 atom stereocenters. The normalized spacial score (nSPS) is 11.7. The Balaban J connectivity index is 2.05. The number of aromatic nitrogens is 1. The number of nitrogens with one attached hydrogen (secondary N) is 1. The molecule has 26 heavy (non-hydrogen) atoms. The van der Waals surface area contributed by atoms with E-state index in [9.17, 15) is 8.42 Å². The summed E-state index contributed by atoms with van der Waals surface area (Å²) in [7, 11) is -3.81. The van der Waals surface area contributed by atoms with Gasteiger partial charge in [-0.25, -0.2) is 8.42 Å². The number of sulfone groups is 1. The van der Waals surface area contributed by atoms with Gasteiger partial charge in [-0.2, -0.15) is 0 Å². The Bertz CT molecular complexity index is 1220. The Labute approximate surface area is 156 Å². The lowest BCUT2D eigenvalue weighted by atomic mass is 10.1. The second-order valence-electron chi connectivity index (χ2n) is 5.93. The third kappa shape index (κ3) is 2.66. The molecule has 3 aromatic carbocycles. The molecule has 3 N–H and O–H groups in total. The average Bonchev–Trinajstić information content (AvgIpc) is 3.05. The number of anilines is 1. The Morgan fingerprint density at radius 1 is 0.885 bits per heavy atom. The number of nitrogen functional groups attached to an aromatic ring is 1. The predicted molar refractivity (Wildman–Crippen MR) is 105 cm³/mol. The maximum Gasteiger partial charge on any atom is 0.209 e. The largest absolute Gasteiger partial charge is 0.398 e. The maximum absolute atomic E-state index is 13.4. The van der Waals surface area contributed by atoms with Gasteiger partial charge in [0, 0.05) is 10.9 Å². The van der Waals surface area contributed by atoms with Crippen LogP contribution in [0.2, 0.25) is 5.02 Å². The highest BCUT2D eigenvalue weighted by molar-refractivity contribution is 7.92. The van der Waals surface area contributed by atoms with Crippen molar-refractivity contribution in [3.05, 3.63) is 77.8 Å². The van der Waals surface area contributed by atoms with Crippen LogP contribution in [0.3, 0.4) is 0 Å². The van der Waals surface area contributed by atoms with Gasteiger partial charge in [-0.05, 0) is 29.8 Å². The monoisotopic (exact) mass is 382 g/mol. The van der Waals surface area contributed by atoms with E-state index in [2.05, 4.69) is 4.98 Å². The number of aromatic amines is 1. The van der Waals surface area contributed by atoms with Crippen molar-refractivity contribution in [2.24, 2.45) is 0 Å². The van der Waals surface area contributed by atoms with Crippen LogP contribution in [-0.2, 0) is 9.84 Å². The van der Waals surface area contributed by atoms with E-state index in [1.165, 1.54) is 18.2 Å². The molecule has 0 saturated carbocycles. The molecular weight excluding hydrogens is 368 g/mol. The maximum atomic E-state index is 13.4. The fraction of sp³-hybridized carbons (Fsp3) is 0. The molecule has 4 rings (SSSR count). The number of rotatable bonds is 3. The van der Waals surface area contributed by atoms with Gasteiger partial charge in [0.05, 0.1) is 21.3 Å². The Morgan fingerprint density at radius 3 is 2.31 bits per heavy atom. The van der Waals surface area contributed by atoms with E-state index in [-0.39, 0.29) is 14.8 Å². The topological polar surface area (TPSA) is 76.0 Å². The van der Waals surface area contributed by atoms with E-state index in [0.29, 0.717) is 16.8 Å². The molecule has 0 unspecified atom stereocenters. The Kier molecular flexibility index (Phi) is 3.98. The van der Waals surface area contributed by atoms with E-state index in [1.807, 2.05) is 48.5 Å². The van der Waals surface area contributed by atoms with Gasteiger partial charge in [0.2, 0.25) is 9.84 Å². The summed E-state index contributed by atoms with van der Waals surface area (Å²) in [5.74, 6) is 0. The standard InChI is InChI=1S/C20H15ClN2O2S/c21-16-12-14(10-11-17(16)22)26(24,25)20-15-8-4-5-9-18(15)23-19(20)13-6-2-1-3-7-13/h1-12,23H,22H2. The molecule has 0 fully saturated rings. The zero-order chi connectivity index (χ0) is 18.3. The van der Waals surface area contributed by atoms with Crippen LogP contribution < -0.4 is 5.73 Å². The summed E-state index contributed by atoms with van der Waals surface area (Å²) in [6.07, 6.45) is 0. The minimum atomic E-state index is -3.81. The van der Waals surface area contributed by atoms with Crippen molar-refractivity contribution in [1.82, 2.24) is 4.98 Å². The molecular formula is C20H15ClN2O2S. The predicted octanol–water partition coefficient (Wildman–Crippen LogP) is 4.90. The third-order valence-corrected chi connectivity index (χ3v) is 6.44. The van der Waals surface area contributed by atoms with Crippen molar-refractivity contribution >= 4 is 38.0 Å². The minimum absolute atomic E-state index is 0.110. The van der Waals surface area contributed by atoms with Gasteiger partial charge >= 0.3 is 0 Å². The van der Waals surface area contributed by atoms with Crippen molar-refractivity contribution in [1.29, 1.82) is 0 Å². The quantitative estimate of drug-likeness (QED) is 0.494. The highest BCUT2D eigenvalue weighted by Crippen LogP contribution is 2.38. The number of para-hydroxylation sites is 1. The molecule has 1 heterocycles. The number of H-pyrrole nitrogens is 1. The van der Waals surface area contributed by atoms with Gasteiger partial charge < -0.3 is 10.7 Å². The molecule has 0 aliphatic rings. The number of nitrogens with two attached hydrogens (primary N) is 1. The van der Waals surface area contributed by atoms with E-state index < -0.39 is 9.84 Å². The Morgan fingerprint density at radius 2 is 1.58 bits per heavy atom. The number of fused-ring (bicyclic) bond motifs is 1. The zero-order valence-corrected chi connectivity index (χ0v) is 15.2. The second kappa shape index (κ2) is 6.20. The fourth-order valence-electron chi connectivity index (χ4n) is 3.00. The van der Waals surface area contributed by atoms with Gasteiger partial charge in [-0.15, -0.1) is 0 Å². The summed E-state index contributed by atoms with van der Waals surface area (Å²) in [6, 6.07) is 21.1. The fourth-order valence-corrected chi connectivity index (χ4v) is 4.90. The van der Waals surface area contributed by atoms with Crippen molar-refractivity contribution in [2.75, 3.05) is 5.73 Å². The highest BCUT2D eigenvalue weighted by Gasteiger charge is 2.27. The molecule has 1 aromatic heterocycles. The number of hydrogen-bond acceptors (Lipinski definition) is 3. The smallest absolute Gasteiger partial charge is 0.209 e. The minimum Gasteiger partial charge on any atom is -0.398 e. The van der Waals surface area contributed by atoms with Gasteiger partial charge in [0.15, 0.2) is 0 Å². The molecule has 0 saturated heterocycles. The summed E-state index contributed by atoms with van der Waals surface area (Å²) < 4.78 is 26.9. The second-order valence-corrected chi connectivity index (χ2v) is 8.22. The molecule has 130 valence electrons. The third-order valence-electron chi connectivity index (χ3n) is 4.27. The highest BCUT2D eigenvalue weighted by atomic mass is 35.5. The summed E-state index contributed by atoms with van der Waals surface area (Å²) in [4.78, 5) is 3.59. The molecule has 0 aliphatic heterocycles. The van der Waals surface area contributed by atoms with Crippen LogP contribution in [0.15, 0.2) is 82.6 Å². The molecule has 0 radical (unpaired) electrons. The van der Waals surface area contributed by atoms with Crippen LogP contribution >= 0.6 is 11.6 Å². The zero-order valence-electron chi connectivity index (χ0n) is 13.6. The van der Waals surface area contributed by atoms with Crippen molar-refractivity contribution in [2.45, 2.75) is 9.79 Å². The lowest BCUT2D eigenvalue weighted by Crippen LogP contribution is -2.04. The molecule has 0 aliphatic carbocycles. The first-order valence-corrected chi connectivity index (χ1v) is 9.81. The summed E-state index contributed by atoms with van der Waals surface area (Å²) in [6.45, 7) is 0. The van der Waals surface area contributed by atoms with Crippen LogP contribution in [0.25, 0.3) is 22.2 Å². The number of hydrogen-bond donors (Lipinski definition) is 2. The van der Waals surface area contributed by atoms with Crippen LogP contribution in [0.4, 0.5) is 5.69 Å². The first-order valence-electron chi connectivity index (χ1n) is 7.95. The lowest BCUT2D eigenvalue weighted by molar-refractivity contribution is 0.597. The molecule has 0 amide bonds. The molecule has 4 aromatic rings. The first kappa shape index (κ1) is 16.7. The molecule has 4 nitrogen and oxygen atoms in total. The summed E-state index contributed by atoms with van der Waals surface area (Å²) in [5.41, 5.74) is 8.18. The summed E-state index contributed by atoms with van der Waals surface area (Å²) >= 11 is 6.06. The van der Waals surface area contributed by atoms with Crippen molar-refractivity contribution in [3.63, 3.8) is 0 Å². The number of benzene rings is 3. The van der Waals surface area contributed by atoms with Crippen LogP contribution in [0.5, 0.6) is 0 Å². The Hall–Kier alpha value is -2.76. The molecule has 0 spiro atoms. The summed E-state index contributed by atoms with van der Waals surface area (Å²) in [5, 5.41) is 0.853. The van der Waals surface area contributed by atoms with Gasteiger partial charge in [-0.3, -0.25) is 0 Å². The molecule has 6 heteroatoms. The number of halogens is 1. The van der Waals surface area contributed by atoms with E-state index in [1.54, 1.807) is 6.07 Å². The van der Waals surface area contributed by atoms with Crippen LogP contribution in [0.1, 0.15) is 0 Å². The molecule has 0 bridgehead atoms. The van der Waals surface area contributed by atoms with E-state index in [4.69, 9.17) is 17.3 Å². The van der Waals surface area contributed by atoms with Crippen molar-refractivity contribution in [3.8, 4) is 11.3 Å². The lowest BCUT2D eigenvalue weighted by Gasteiger charge is -2.09. The van der Waals surface area contributed by atoms with E-state index in [0.717, 1.165) is 11.1 Å². The van der Waals surface area contributed by atoms with Gasteiger partial charge in [0.1, 0.15) is 4.90 Å². The van der Waals surface area contributed by atoms with Gasteiger partial charge in [0.25, 0.3) is 0 Å². The SMILES string of the molecule is Nc1ccc(S(=O)(=O)c2c(-c3ccccc3)[nH]c3ccccc23)cc1Cl. The van der Waals surface area contributed by atoms with E-state index >= 15 is 0 Å².